The summed E-state index contributed by atoms with van der Waals surface area (Å²) < 4.78 is 0. The van der Waals surface area contributed by atoms with Crippen molar-refractivity contribution >= 4 is 11.9 Å². The summed E-state index contributed by atoms with van der Waals surface area (Å²) in [6, 6.07) is 0. The first-order valence-corrected chi connectivity index (χ1v) is 4.78. The van der Waals surface area contributed by atoms with Crippen LogP contribution in [0, 0.1) is 11.8 Å². The molecule has 4 heteroatoms. The van der Waals surface area contributed by atoms with Crippen LogP contribution in [0.1, 0.15) is 40.5 Å². The monoisotopic (exact) mass is 202 g/mol. The van der Waals surface area contributed by atoms with E-state index in [0.29, 0.717) is 12.8 Å². The first-order valence-electron chi connectivity index (χ1n) is 4.78. The van der Waals surface area contributed by atoms with Gasteiger partial charge in [-0.2, -0.15) is 0 Å². The van der Waals surface area contributed by atoms with E-state index in [1.807, 2.05) is 13.8 Å². The molecule has 2 atom stereocenters. The molecule has 4 nitrogen and oxygen atoms in total. The maximum absolute atomic E-state index is 9.82. The highest BCUT2D eigenvalue weighted by Gasteiger charge is 1.95. The predicted octanol–water partition coefficient (Wildman–Crippen LogP) is -0.435. The van der Waals surface area contributed by atoms with Gasteiger partial charge in [0.05, 0.1) is 0 Å². The Bertz CT molecular complexity index is 157. The Labute approximate surface area is 84.9 Å². The van der Waals surface area contributed by atoms with Crippen LogP contribution in [0.25, 0.3) is 0 Å². The number of hydrogen-bond donors (Lipinski definition) is 0. The lowest BCUT2D eigenvalue weighted by atomic mass is 10.1. The highest BCUT2D eigenvalue weighted by Crippen LogP contribution is 1.96. The van der Waals surface area contributed by atoms with Gasteiger partial charge in [-0.25, -0.2) is 0 Å². The third kappa shape index (κ3) is 9.03. The average molecular weight is 202 g/mol. The van der Waals surface area contributed by atoms with Crippen molar-refractivity contribution < 1.29 is 19.8 Å². The minimum atomic E-state index is -0.956. The fraction of sp³-hybridized carbons (Fsp3) is 0.800. The molecule has 0 saturated carbocycles. The predicted molar refractivity (Wildman–Crippen MR) is 48.9 cm³/mol. The molecule has 0 rings (SSSR count). The topological polar surface area (TPSA) is 80.3 Å². The Kier molecular flexibility index (Phi) is 9.40. The summed E-state index contributed by atoms with van der Waals surface area (Å²) in [5.74, 6) is -2.50. The summed E-state index contributed by atoms with van der Waals surface area (Å²) >= 11 is 0. The van der Waals surface area contributed by atoms with E-state index in [2.05, 4.69) is 0 Å². The molecule has 0 aliphatic rings. The van der Waals surface area contributed by atoms with Crippen LogP contribution >= 0.6 is 0 Å². The lowest BCUT2D eigenvalue weighted by Crippen LogP contribution is -2.28. The fourth-order valence-electron chi connectivity index (χ4n) is 0.333. The zero-order valence-electron chi connectivity index (χ0n) is 9.20. The molecule has 0 aromatic heterocycles. The zero-order valence-corrected chi connectivity index (χ0v) is 9.20. The molecule has 14 heavy (non-hydrogen) atoms. The number of carboxylic acid groups (broad SMARTS) is 2. The molecule has 0 fully saturated rings. The van der Waals surface area contributed by atoms with E-state index in [0.717, 1.165) is 0 Å². The lowest BCUT2D eigenvalue weighted by molar-refractivity contribution is -0.312. The van der Waals surface area contributed by atoms with Crippen molar-refractivity contribution in [2.75, 3.05) is 0 Å². The zero-order chi connectivity index (χ0) is 11.7. The molecule has 0 aromatic carbocycles. The van der Waals surface area contributed by atoms with Crippen molar-refractivity contribution in [2.45, 2.75) is 40.5 Å². The van der Waals surface area contributed by atoms with Crippen LogP contribution in [0.2, 0.25) is 0 Å². The van der Waals surface area contributed by atoms with Crippen molar-refractivity contribution in [3.05, 3.63) is 0 Å². The number of carbonyl (C=O) groups excluding carboxylic acids is 2. The van der Waals surface area contributed by atoms with Gasteiger partial charge in [-0.3, -0.25) is 0 Å². The van der Waals surface area contributed by atoms with Crippen LogP contribution in [-0.2, 0) is 9.59 Å². The largest absolute Gasteiger partial charge is 0.550 e. The highest BCUT2D eigenvalue weighted by atomic mass is 16.4. The molecule has 0 aliphatic carbocycles. The van der Waals surface area contributed by atoms with Crippen molar-refractivity contribution in [2.24, 2.45) is 11.8 Å². The molecule has 0 N–H and O–H groups in total. The Hall–Kier alpha value is -1.06. The standard InChI is InChI=1S/2C5H10O2/c2*1-3-4(2)5(6)7/h2*4H,3H2,1-2H3,(H,6,7)/p-2. The molecule has 84 valence electrons. The van der Waals surface area contributed by atoms with Gasteiger partial charge in [0.15, 0.2) is 0 Å². The van der Waals surface area contributed by atoms with Crippen LogP contribution in [0.15, 0.2) is 0 Å². The summed E-state index contributed by atoms with van der Waals surface area (Å²) in [7, 11) is 0. The Morgan fingerprint density at radius 1 is 0.929 bits per heavy atom. The van der Waals surface area contributed by atoms with Crippen LogP contribution in [0.3, 0.4) is 0 Å². The maximum atomic E-state index is 9.82. The first kappa shape index (κ1) is 15.4. The molecule has 0 amide bonds. The Balaban J connectivity index is 0. The minimum Gasteiger partial charge on any atom is -0.550 e. The second-order valence-corrected chi connectivity index (χ2v) is 3.26. The van der Waals surface area contributed by atoms with Crippen molar-refractivity contribution in [1.82, 2.24) is 0 Å². The van der Waals surface area contributed by atoms with Crippen LogP contribution in [0.5, 0.6) is 0 Å². The molecule has 2 unspecified atom stereocenters. The number of carbonyl (C=O) groups is 2. The van der Waals surface area contributed by atoms with Crippen molar-refractivity contribution in [3.63, 3.8) is 0 Å². The second kappa shape index (κ2) is 8.53. The van der Waals surface area contributed by atoms with E-state index >= 15 is 0 Å². The van der Waals surface area contributed by atoms with Gasteiger partial charge in [-0.05, 0) is 24.7 Å². The number of aliphatic carboxylic acids is 2. The third-order valence-electron chi connectivity index (χ3n) is 2.03. The molecule has 0 aliphatic heterocycles. The summed E-state index contributed by atoms with van der Waals surface area (Å²) in [5, 5.41) is 19.6. The third-order valence-corrected chi connectivity index (χ3v) is 2.03. The Morgan fingerprint density at radius 2 is 1.14 bits per heavy atom. The van der Waals surface area contributed by atoms with Gasteiger partial charge < -0.3 is 19.8 Å². The molecule has 0 radical (unpaired) electrons. The van der Waals surface area contributed by atoms with E-state index < -0.39 is 11.9 Å². The van der Waals surface area contributed by atoms with E-state index in [9.17, 15) is 19.8 Å². The van der Waals surface area contributed by atoms with Crippen LogP contribution in [0.4, 0.5) is 0 Å². The van der Waals surface area contributed by atoms with Crippen molar-refractivity contribution in [1.29, 1.82) is 0 Å². The summed E-state index contributed by atoms with van der Waals surface area (Å²) in [5.41, 5.74) is 0. The number of carboxylic acids is 2. The maximum Gasteiger partial charge on any atom is 0.0442 e. The smallest absolute Gasteiger partial charge is 0.0442 e. The number of hydrogen-bond acceptors (Lipinski definition) is 4. The molecule has 0 aromatic rings. The quantitative estimate of drug-likeness (QED) is 0.619. The van der Waals surface area contributed by atoms with Crippen molar-refractivity contribution in [3.8, 4) is 0 Å². The average Bonchev–Trinajstić information content (AvgIpc) is 2.15. The van der Waals surface area contributed by atoms with Gasteiger partial charge in [0, 0.05) is 11.9 Å². The number of rotatable bonds is 4. The lowest BCUT2D eigenvalue weighted by Gasteiger charge is -2.06. The van der Waals surface area contributed by atoms with E-state index in [1.54, 1.807) is 13.8 Å². The van der Waals surface area contributed by atoms with Gasteiger partial charge in [-0.1, -0.05) is 27.7 Å². The normalized spacial score (nSPS) is 13.4. The van der Waals surface area contributed by atoms with Gasteiger partial charge in [0.25, 0.3) is 0 Å². The minimum absolute atomic E-state index is 0.292. The highest BCUT2D eigenvalue weighted by molar-refractivity contribution is 5.67. The van der Waals surface area contributed by atoms with Crippen LogP contribution < -0.4 is 10.2 Å². The molecule has 0 saturated heterocycles. The van der Waals surface area contributed by atoms with Gasteiger partial charge in [-0.15, -0.1) is 0 Å². The molecule has 0 heterocycles. The van der Waals surface area contributed by atoms with E-state index in [1.165, 1.54) is 0 Å². The second-order valence-electron chi connectivity index (χ2n) is 3.26. The molecular weight excluding hydrogens is 184 g/mol. The first-order chi connectivity index (χ1) is 6.36. The fourth-order valence-corrected chi connectivity index (χ4v) is 0.333. The summed E-state index contributed by atoms with van der Waals surface area (Å²) in [6.07, 6.45) is 1.31. The van der Waals surface area contributed by atoms with Gasteiger partial charge >= 0.3 is 0 Å². The molecular formula is C10H18O4-2. The van der Waals surface area contributed by atoms with E-state index in [4.69, 9.17) is 0 Å². The van der Waals surface area contributed by atoms with E-state index in [-0.39, 0.29) is 11.8 Å². The SMILES string of the molecule is CCC(C)C(=O)[O-].CCC(C)C(=O)[O-]. The molecule has 0 bridgehead atoms. The summed E-state index contributed by atoms with van der Waals surface area (Å²) in [6.45, 7) is 6.91. The summed E-state index contributed by atoms with van der Waals surface area (Å²) in [4.78, 5) is 19.6. The van der Waals surface area contributed by atoms with Gasteiger partial charge in [0.2, 0.25) is 0 Å². The van der Waals surface area contributed by atoms with Gasteiger partial charge in [0.1, 0.15) is 0 Å². The molecule has 0 spiro atoms. The van der Waals surface area contributed by atoms with Crippen LogP contribution in [-0.4, -0.2) is 11.9 Å². The Morgan fingerprint density at radius 3 is 1.14 bits per heavy atom.